The lowest BCUT2D eigenvalue weighted by Gasteiger charge is -2.19. The molecule has 66 heteroatoms. The third-order valence-corrected chi connectivity index (χ3v) is 29.1. The lowest BCUT2D eigenvalue weighted by Crippen LogP contribution is -2.43. The molecule has 4 aliphatic rings. The van der Waals surface area contributed by atoms with E-state index in [1.807, 2.05) is 93.6 Å². The Bertz CT molecular complexity index is 6720. The fourth-order valence-electron chi connectivity index (χ4n) is 13.9. The van der Waals surface area contributed by atoms with Gasteiger partial charge in [-0.2, -0.15) is 22.3 Å². The molecule has 0 amide bonds. The molecule has 137 heavy (non-hydrogen) atoms. The molecule has 4 aromatic carbocycles. The SMILES string of the molecule is Cc1ccc(CCn2c(=O)ccn([C@@H]3O[C@H](COP(=O)(O)OP(=O)(O)O)[C@H](O)C3O)c2=O)cc1.Cc1cccc(CCn2c(=O)ccn([C@@H]3O[C@H](COP(=O)(O)OP(=O)(O)O)[C@H](O)C3O)c2=O)c1.Cc1ccccc1CCn1c(=O)ccn([C@@H]2O[C@H](COP(=O)(O)OP(=O)(O)O)[C@H](O)C2O)c1=O.O=c1ccn([C@@H]2O[C@H](COP(=O)(O)OP(=O)(O)O)[C@H](O)C2O)c(=O)n1Cc1[nH]nc2ccccc12. The zero-order valence-corrected chi connectivity index (χ0v) is 78.0. The summed E-state index contributed by atoms with van der Waals surface area (Å²) >= 11 is 0. The molecule has 0 radical (unpaired) electrons. The van der Waals surface area contributed by atoms with E-state index >= 15 is 0 Å². The second kappa shape index (κ2) is 45.7. The molecule has 13 rings (SSSR count). The number of phosphoric acid groups is 8. The number of nitrogens with zero attached hydrogens (tertiary/aromatic N) is 9. The number of para-hydroxylation sites is 1. The molecule has 0 bridgehead atoms. The van der Waals surface area contributed by atoms with Gasteiger partial charge >= 0.3 is 85.3 Å². The van der Waals surface area contributed by atoms with Gasteiger partial charge in [-0.05, 0) is 68.4 Å². The number of benzene rings is 4. The second-order valence-electron chi connectivity index (χ2n) is 30.3. The van der Waals surface area contributed by atoms with Crippen molar-refractivity contribution in [2.24, 2.45) is 0 Å². The van der Waals surface area contributed by atoms with Gasteiger partial charge in [0, 0.05) is 74.1 Å². The van der Waals surface area contributed by atoms with Gasteiger partial charge in [-0.1, -0.05) is 102 Å². The summed E-state index contributed by atoms with van der Waals surface area (Å²) in [5, 5.41) is 89.9. The number of hydrogen-bond donors (Lipinski definition) is 21. The molecule has 754 valence electrons. The number of aliphatic hydroxyl groups is 8. The third-order valence-electron chi connectivity index (χ3n) is 20.4. The van der Waals surface area contributed by atoms with Crippen LogP contribution in [0.3, 0.4) is 0 Å². The Hall–Kier alpha value is -8.37. The minimum atomic E-state index is -5.37. The lowest BCUT2D eigenvalue weighted by molar-refractivity contribution is -0.0548. The van der Waals surface area contributed by atoms with Gasteiger partial charge in [0.2, 0.25) is 0 Å². The maximum atomic E-state index is 13.1. The summed E-state index contributed by atoms with van der Waals surface area (Å²) in [5.74, 6) is 0. The largest absolute Gasteiger partial charge is 0.481 e. The van der Waals surface area contributed by atoms with E-state index in [-0.39, 0.29) is 26.2 Å². The predicted octanol–water partition coefficient (Wildman–Crippen LogP) is -3.00. The highest BCUT2D eigenvalue weighted by atomic mass is 31.3. The average molecular weight is 2100 g/mol. The van der Waals surface area contributed by atoms with Crippen LogP contribution in [0.4, 0.5) is 0 Å². The topological polar surface area (TPSA) is 857 Å². The Morgan fingerprint density at radius 1 is 0.343 bits per heavy atom. The van der Waals surface area contributed by atoms with Crippen LogP contribution in [0.1, 0.15) is 64.0 Å². The van der Waals surface area contributed by atoms with E-state index < -0.39 is 232 Å². The molecule has 4 aliphatic heterocycles. The van der Waals surface area contributed by atoms with Crippen molar-refractivity contribution in [3.63, 3.8) is 0 Å². The molecular weight excluding hydrogens is 2010 g/mol. The van der Waals surface area contributed by atoms with Crippen molar-refractivity contribution in [3.05, 3.63) is 269 Å². The van der Waals surface area contributed by atoms with Crippen molar-refractivity contribution in [2.75, 3.05) is 26.4 Å². The normalized spacial score (nSPS) is 24.7. The van der Waals surface area contributed by atoms with Gasteiger partial charge in [0.25, 0.3) is 22.2 Å². The summed E-state index contributed by atoms with van der Waals surface area (Å²) in [4.78, 5) is 208. The van der Waals surface area contributed by atoms with E-state index in [1.54, 1.807) is 24.3 Å². The molecular formula is C71H92N10O48P8. The number of fused-ring (bicyclic) bond motifs is 1. The Morgan fingerprint density at radius 3 is 1.00 bits per heavy atom. The summed E-state index contributed by atoms with van der Waals surface area (Å²) in [6.07, 6.45) is -20.2. The van der Waals surface area contributed by atoms with Gasteiger partial charge in [-0.15, -0.1) is 0 Å². The minimum Gasteiger partial charge on any atom is -0.387 e. The number of nitrogens with one attached hydrogen (secondary N) is 1. The second-order valence-corrected chi connectivity index (χ2v) is 41.6. The van der Waals surface area contributed by atoms with Crippen LogP contribution in [0.5, 0.6) is 0 Å². The smallest absolute Gasteiger partial charge is 0.387 e. The van der Waals surface area contributed by atoms with Crippen molar-refractivity contribution in [3.8, 4) is 0 Å². The number of aromatic nitrogens is 10. The fourth-order valence-corrected chi connectivity index (χ4v) is 20.3. The van der Waals surface area contributed by atoms with Crippen LogP contribution in [0, 0.1) is 20.8 Å². The zero-order valence-electron chi connectivity index (χ0n) is 70.9. The van der Waals surface area contributed by atoms with Gasteiger partial charge in [-0.3, -0.25) is 78.9 Å². The molecule has 5 aromatic heterocycles. The molecule has 0 saturated carbocycles. The van der Waals surface area contributed by atoms with Crippen molar-refractivity contribution in [1.82, 2.24) is 46.7 Å². The maximum absolute atomic E-state index is 13.1. The van der Waals surface area contributed by atoms with Crippen molar-refractivity contribution in [2.45, 2.75) is 164 Å². The summed E-state index contributed by atoms with van der Waals surface area (Å²) < 4.78 is 150. The highest BCUT2D eigenvalue weighted by molar-refractivity contribution is 7.62. The monoisotopic (exact) mass is 2100 g/mol. The number of phosphoric ester groups is 4. The first-order valence-corrected chi connectivity index (χ1v) is 51.7. The molecule has 4 fully saturated rings. The number of hydrogen-bond acceptors (Lipinski definition) is 37. The van der Waals surface area contributed by atoms with Gasteiger partial charge in [0.1, 0.15) is 73.2 Å². The Kier molecular flexibility index (Phi) is 36.9. The first-order valence-electron chi connectivity index (χ1n) is 39.6. The summed E-state index contributed by atoms with van der Waals surface area (Å²) in [5.41, 5.74) is 1.08. The number of ether oxygens (including phenoxy) is 4. The standard InChI is InChI=1S/3C18H24N2O12P2.C17H20N4O12P2/c1-11-2-4-12(5-3-11)6-8-19-14(21)7-9-20(18(19)24)17-16(23)15(22)13(31-17)10-30-34(28,29)32-33(25,26)27;1-11-3-2-4-12(9-11)5-7-19-14(21)6-8-20(18(19)24)17-16(23)15(22)13(31-17)10-30-34(28,29)32-33(25,26)27;1-11-4-2-3-5-12(11)6-8-19-14(21)7-9-20(18(19)24)17-16(23)15(22)13(31-17)10-30-34(28,29)32-33(25,26)27;22-13-5-6-20(17(25)21(13)7-11-9-3-1-2-4-10(9)18-19-11)16-15(24)14(23)12(32-16)8-31-35(29,30)33-34(26,27)28/h2-5,7,9,13,15-17,22-23H,6,8,10H2,1H3,(H,28,29)(H2,25,26,27);2-4,6,8-9,13,15-17,22-23H,5,7,10H2,1H3,(H,28,29)(H2,25,26,27);2-5,7,9,13,15-17,22-23H,6,8,10H2,1H3,(H,28,29)(H2,25,26,27);1-6,12,14-16,23-24H,7-8H2,(H,18,19)(H,29,30)(H2,26,27,28)/t3*13-,15+,16?,17-;12-,14+,15?,16-/m1111/s1. The molecule has 0 aliphatic carbocycles. The van der Waals surface area contributed by atoms with Crippen LogP contribution in [-0.4, -0.2) is 246 Å². The Morgan fingerprint density at radius 2 is 0.657 bits per heavy atom. The van der Waals surface area contributed by atoms with Gasteiger partial charge in [0.05, 0.1) is 44.2 Å². The zero-order chi connectivity index (χ0) is 101. The first-order chi connectivity index (χ1) is 63.7. The van der Waals surface area contributed by atoms with E-state index in [1.165, 1.54) is 0 Å². The minimum absolute atomic E-state index is 0.0346. The highest BCUT2D eigenvalue weighted by Gasteiger charge is 2.51. The predicted molar refractivity (Wildman–Crippen MR) is 459 cm³/mol. The van der Waals surface area contributed by atoms with E-state index in [4.69, 9.17) is 58.1 Å². The number of rotatable bonds is 35. The van der Waals surface area contributed by atoms with Crippen LogP contribution in [0.15, 0.2) is 184 Å². The van der Waals surface area contributed by atoms with Crippen LogP contribution < -0.4 is 45.0 Å². The van der Waals surface area contributed by atoms with E-state index in [2.05, 4.69) is 45.5 Å². The molecule has 4 saturated heterocycles. The van der Waals surface area contributed by atoms with Crippen LogP contribution in [0.2, 0.25) is 0 Å². The van der Waals surface area contributed by atoms with Gasteiger partial charge < -0.3 is 119 Å². The van der Waals surface area contributed by atoms with Crippen molar-refractivity contribution in [1.29, 1.82) is 0 Å². The molecule has 20 atom stereocenters. The van der Waals surface area contributed by atoms with Gasteiger partial charge in [0.15, 0.2) is 24.9 Å². The third kappa shape index (κ3) is 30.3. The summed E-state index contributed by atoms with van der Waals surface area (Å²) in [6.45, 7) is 1.97. The van der Waals surface area contributed by atoms with Crippen LogP contribution in [0.25, 0.3) is 10.9 Å². The molecule has 8 unspecified atom stereocenters. The number of aliphatic hydroxyl groups excluding tert-OH is 8. The van der Waals surface area contributed by atoms with E-state index in [0.29, 0.717) is 35.9 Å². The number of aryl methyl sites for hydroxylation is 6. The Balaban J connectivity index is 0.000000189. The summed E-state index contributed by atoms with van der Waals surface area (Å²) in [6, 6.07) is 33.8. The molecule has 21 N–H and O–H groups in total. The number of aromatic amines is 1. The summed E-state index contributed by atoms with van der Waals surface area (Å²) in [7, 11) is -42.3. The number of H-pyrrole nitrogens is 1. The molecule has 9 aromatic rings. The maximum Gasteiger partial charge on any atom is 0.481 e. The highest BCUT2D eigenvalue weighted by Crippen LogP contribution is 2.61. The van der Waals surface area contributed by atoms with E-state index in [0.717, 1.165) is 119 Å². The quantitative estimate of drug-likeness (QED) is 0.0176. The average Bonchev–Trinajstić information content (AvgIpc) is 1.68. The van der Waals surface area contributed by atoms with Crippen LogP contribution >= 0.6 is 62.6 Å². The van der Waals surface area contributed by atoms with E-state index in [9.17, 15) is 135 Å². The molecule has 0 spiro atoms. The first kappa shape index (κ1) is 111. The molecule has 9 heterocycles. The fraction of sp³-hybridized carbons (Fsp3) is 0.423. The van der Waals surface area contributed by atoms with Crippen molar-refractivity contribution < 1.29 is 190 Å². The van der Waals surface area contributed by atoms with Gasteiger partial charge in [-0.25, -0.2) is 55.7 Å². The molecule has 58 nitrogen and oxygen atoms in total. The Labute approximate surface area is 766 Å². The van der Waals surface area contributed by atoms with Crippen LogP contribution in [-0.2, 0) is 136 Å². The lowest BCUT2D eigenvalue weighted by atomic mass is 10.1. The van der Waals surface area contributed by atoms with Crippen molar-refractivity contribution >= 4 is 73.5 Å².